The third kappa shape index (κ3) is 5.27. The van der Waals surface area contributed by atoms with Crippen molar-refractivity contribution in [1.29, 1.82) is 0 Å². The van der Waals surface area contributed by atoms with Crippen LogP contribution in [0.4, 0.5) is 0 Å². The van der Waals surface area contributed by atoms with Crippen LogP contribution in [0.25, 0.3) is 0 Å². The maximum atomic E-state index is 11.3. The zero-order chi connectivity index (χ0) is 12.0. The molecule has 0 aliphatic carbocycles. The first-order chi connectivity index (χ1) is 7.53. The Balaban J connectivity index is 2.12. The topological polar surface area (TPSA) is 69.4 Å². The fourth-order valence-corrected chi connectivity index (χ4v) is 2.92. The highest BCUT2D eigenvalue weighted by molar-refractivity contribution is 7.91. The summed E-state index contributed by atoms with van der Waals surface area (Å²) in [6, 6.07) is 0.124. The minimum Gasteiger partial charge on any atom is -0.381 e. The Bertz CT molecular complexity index is 284. The second-order valence-electron chi connectivity index (χ2n) is 4.60. The van der Waals surface area contributed by atoms with Crippen molar-refractivity contribution < 1.29 is 13.2 Å². The van der Waals surface area contributed by atoms with Gasteiger partial charge in [0.05, 0.1) is 5.75 Å². The Morgan fingerprint density at radius 1 is 1.50 bits per heavy atom. The molecule has 0 radical (unpaired) electrons. The van der Waals surface area contributed by atoms with Crippen molar-refractivity contribution in [2.45, 2.75) is 38.6 Å². The maximum absolute atomic E-state index is 11.3. The highest BCUT2D eigenvalue weighted by Crippen LogP contribution is 2.19. The smallest absolute Gasteiger partial charge is 0.150 e. The van der Waals surface area contributed by atoms with E-state index in [9.17, 15) is 8.42 Å². The third-order valence-electron chi connectivity index (χ3n) is 3.13. The van der Waals surface area contributed by atoms with Gasteiger partial charge in [0.25, 0.3) is 0 Å². The highest BCUT2D eigenvalue weighted by atomic mass is 32.2. The molecule has 5 heteroatoms. The SMILES string of the molecule is CCS(=O)(=O)CCCC(N)CC1CCOC1. The van der Waals surface area contributed by atoms with Crippen LogP contribution in [-0.2, 0) is 14.6 Å². The molecule has 1 aliphatic heterocycles. The lowest BCUT2D eigenvalue weighted by atomic mass is 9.97. The Hall–Kier alpha value is -0.130. The second kappa shape index (κ2) is 6.57. The van der Waals surface area contributed by atoms with Gasteiger partial charge in [-0.05, 0) is 31.6 Å². The number of sulfone groups is 1. The van der Waals surface area contributed by atoms with E-state index in [0.717, 1.165) is 32.5 Å². The summed E-state index contributed by atoms with van der Waals surface area (Å²) in [6.07, 6.45) is 3.55. The van der Waals surface area contributed by atoms with Gasteiger partial charge in [-0.1, -0.05) is 6.92 Å². The molecule has 0 aromatic heterocycles. The lowest BCUT2D eigenvalue weighted by molar-refractivity contribution is 0.182. The van der Waals surface area contributed by atoms with E-state index >= 15 is 0 Å². The van der Waals surface area contributed by atoms with Crippen LogP contribution in [0, 0.1) is 5.92 Å². The van der Waals surface area contributed by atoms with E-state index < -0.39 is 9.84 Å². The van der Waals surface area contributed by atoms with Crippen LogP contribution in [0.3, 0.4) is 0 Å². The molecule has 1 saturated heterocycles. The van der Waals surface area contributed by atoms with Crippen molar-refractivity contribution in [2.75, 3.05) is 24.7 Å². The van der Waals surface area contributed by atoms with E-state index in [1.807, 2.05) is 0 Å². The van der Waals surface area contributed by atoms with Crippen molar-refractivity contribution in [3.8, 4) is 0 Å². The van der Waals surface area contributed by atoms with Gasteiger partial charge in [0.1, 0.15) is 9.84 Å². The molecule has 0 aromatic carbocycles. The van der Waals surface area contributed by atoms with Crippen LogP contribution < -0.4 is 5.73 Å². The first kappa shape index (κ1) is 13.9. The molecule has 0 spiro atoms. The zero-order valence-corrected chi connectivity index (χ0v) is 10.8. The van der Waals surface area contributed by atoms with Crippen LogP contribution in [0.5, 0.6) is 0 Å². The van der Waals surface area contributed by atoms with E-state index in [1.165, 1.54) is 0 Å². The minimum atomic E-state index is -2.82. The van der Waals surface area contributed by atoms with Crippen LogP contribution >= 0.6 is 0 Å². The normalized spacial score (nSPS) is 23.5. The standard InChI is InChI=1S/C11H23NO3S/c1-2-16(13,14)7-3-4-11(12)8-10-5-6-15-9-10/h10-11H,2-9,12H2,1H3. The Morgan fingerprint density at radius 2 is 2.25 bits per heavy atom. The summed E-state index contributed by atoms with van der Waals surface area (Å²) >= 11 is 0. The van der Waals surface area contributed by atoms with E-state index in [-0.39, 0.29) is 17.5 Å². The Labute approximate surface area is 98.5 Å². The van der Waals surface area contributed by atoms with Gasteiger partial charge in [0, 0.05) is 25.0 Å². The third-order valence-corrected chi connectivity index (χ3v) is 4.92. The van der Waals surface area contributed by atoms with Crippen molar-refractivity contribution in [3.63, 3.8) is 0 Å². The van der Waals surface area contributed by atoms with E-state index in [2.05, 4.69) is 0 Å². The van der Waals surface area contributed by atoms with Gasteiger partial charge < -0.3 is 10.5 Å². The minimum absolute atomic E-state index is 0.124. The number of hydrogen-bond donors (Lipinski definition) is 1. The number of nitrogens with two attached hydrogens (primary N) is 1. The molecule has 2 unspecified atom stereocenters. The first-order valence-corrected chi connectivity index (χ1v) is 7.89. The summed E-state index contributed by atoms with van der Waals surface area (Å²) in [4.78, 5) is 0. The average molecular weight is 249 g/mol. The summed E-state index contributed by atoms with van der Waals surface area (Å²) < 4.78 is 27.8. The van der Waals surface area contributed by atoms with Crippen molar-refractivity contribution in [1.82, 2.24) is 0 Å². The molecule has 16 heavy (non-hydrogen) atoms. The molecule has 1 aliphatic rings. The van der Waals surface area contributed by atoms with Crippen molar-refractivity contribution in [2.24, 2.45) is 11.7 Å². The number of ether oxygens (including phenoxy) is 1. The first-order valence-electron chi connectivity index (χ1n) is 6.07. The maximum Gasteiger partial charge on any atom is 0.150 e. The van der Waals surface area contributed by atoms with Crippen LogP contribution in [0.2, 0.25) is 0 Å². The molecule has 96 valence electrons. The van der Waals surface area contributed by atoms with E-state index in [1.54, 1.807) is 6.92 Å². The summed E-state index contributed by atoms with van der Waals surface area (Å²) in [7, 11) is -2.82. The summed E-state index contributed by atoms with van der Waals surface area (Å²) in [5.41, 5.74) is 5.97. The van der Waals surface area contributed by atoms with Crippen molar-refractivity contribution in [3.05, 3.63) is 0 Å². The van der Waals surface area contributed by atoms with Crippen LogP contribution in [-0.4, -0.2) is 39.2 Å². The monoisotopic (exact) mass is 249 g/mol. The molecular weight excluding hydrogens is 226 g/mol. The molecule has 1 fully saturated rings. The molecule has 1 heterocycles. The largest absolute Gasteiger partial charge is 0.381 e. The Morgan fingerprint density at radius 3 is 2.81 bits per heavy atom. The number of rotatable bonds is 7. The van der Waals surface area contributed by atoms with Gasteiger partial charge in [-0.25, -0.2) is 8.42 Å². The van der Waals surface area contributed by atoms with Crippen LogP contribution in [0.15, 0.2) is 0 Å². The summed E-state index contributed by atoms with van der Waals surface area (Å²) in [5, 5.41) is 0. The number of hydrogen-bond acceptors (Lipinski definition) is 4. The fourth-order valence-electron chi connectivity index (χ4n) is 2.03. The van der Waals surface area contributed by atoms with E-state index in [0.29, 0.717) is 12.3 Å². The highest BCUT2D eigenvalue weighted by Gasteiger charge is 2.19. The van der Waals surface area contributed by atoms with Gasteiger partial charge in [-0.3, -0.25) is 0 Å². The van der Waals surface area contributed by atoms with Gasteiger partial charge in [0.2, 0.25) is 0 Å². The lowest BCUT2D eigenvalue weighted by Gasteiger charge is -2.14. The molecule has 1 rings (SSSR count). The predicted octanol–water partition coefficient (Wildman–Crippen LogP) is 0.955. The van der Waals surface area contributed by atoms with Crippen LogP contribution in [0.1, 0.15) is 32.6 Å². The summed E-state index contributed by atoms with van der Waals surface area (Å²) in [6.45, 7) is 3.35. The van der Waals surface area contributed by atoms with E-state index in [4.69, 9.17) is 10.5 Å². The second-order valence-corrected chi connectivity index (χ2v) is 7.08. The molecule has 2 atom stereocenters. The van der Waals surface area contributed by atoms with Crippen molar-refractivity contribution >= 4 is 9.84 Å². The molecule has 0 amide bonds. The Kier molecular flexibility index (Phi) is 5.72. The van der Waals surface area contributed by atoms with Gasteiger partial charge in [0.15, 0.2) is 0 Å². The molecule has 0 bridgehead atoms. The van der Waals surface area contributed by atoms with Gasteiger partial charge in [-0.15, -0.1) is 0 Å². The molecule has 2 N–H and O–H groups in total. The molecule has 0 aromatic rings. The van der Waals surface area contributed by atoms with Gasteiger partial charge in [-0.2, -0.15) is 0 Å². The quantitative estimate of drug-likeness (QED) is 0.729. The average Bonchev–Trinajstić information content (AvgIpc) is 2.70. The predicted molar refractivity (Wildman–Crippen MR) is 65.1 cm³/mol. The summed E-state index contributed by atoms with van der Waals surface area (Å²) in [5.74, 6) is 1.09. The zero-order valence-electron chi connectivity index (χ0n) is 10.0. The fraction of sp³-hybridized carbons (Fsp3) is 1.00. The molecule has 0 saturated carbocycles. The molecular formula is C11H23NO3S. The molecule has 4 nitrogen and oxygen atoms in total. The van der Waals surface area contributed by atoms with Gasteiger partial charge >= 0.3 is 0 Å². The lowest BCUT2D eigenvalue weighted by Crippen LogP contribution is -2.25.